The number of fused-ring (bicyclic) bond motifs is 1. The van der Waals surface area contributed by atoms with Gasteiger partial charge in [-0.2, -0.15) is 23.6 Å². The van der Waals surface area contributed by atoms with Crippen LogP contribution in [0.15, 0.2) is 45.1 Å². The average Bonchev–Trinajstić information content (AvgIpc) is 3.03. The predicted molar refractivity (Wildman–Crippen MR) is 115 cm³/mol. The molecule has 0 aliphatic carbocycles. The molecule has 0 saturated carbocycles. The lowest BCUT2D eigenvalue weighted by atomic mass is 9.81. The van der Waals surface area contributed by atoms with Gasteiger partial charge >= 0.3 is 16.6 Å². The summed E-state index contributed by atoms with van der Waals surface area (Å²) in [5.74, 6) is -0.862. The number of nitrogens with zero attached hydrogens (tertiary/aromatic N) is 5. The van der Waals surface area contributed by atoms with Gasteiger partial charge in [0.25, 0.3) is 0 Å². The summed E-state index contributed by atoms with van der Waals surface area (Å²) in [6.45, 7) is 8.56. The Morgan fingerprint density at radius 1 is 1.19 bits per heavy atom. The molecule has 0 fully saturated rings. The second kappa shape index (κ2) is 8.29. The maximum absolute atomic E-state index is 12.6. The number of aromatic nitrogens is 2. The van der Waals surface area contributed by atoms with Crippen LogP contribution in [0.25, 0.3) is 10.9 Å². The van der Waals surface area contributed by atoms with E-state index in [2.05, 4.69) is 26.9 Å². The highest BCUT2D eigenvalue weighted by Crippen LogP contribution is 2.39. The fraction of sp³-hybridized carbons (Fsp3) is 0.333. The molecule has 2 heterocycles. The van der Waals surface area contributed by atoms with Gasteiger partial charge in [-0.15, -0.1) is 9.46 Å². The van der Waals surface area contributed by atoms with Crippen LogP contribution in [0.2, 0.25) is 0 Å². The fourth-order valence-electron chi connectivity index (χ4n) is 3.51. The van der Waals surface area contributed by atoms with Crippen LogP contribution in [-0.2, 0) is 15.2 Å². The van der Waals surface area contributed by atoms with E-state index in [0.29, 0.717) is 28.1 Å². The zero-order valence-corrected chi connectivity index (χ0v) is 18.9. The Labute approximate surface area is 186 Å². The zero-order chi connectivity index (χ0) is 23.8. The molecule has 0 unspecified atom stereocenters. The summed E-state index contributed by atoms with van der Waals surface area (Å²) in [6.07, 6.45) is -0.794. The van der Waals surface area contributed by atoms with Gasteiger partial charge in [-0.1, -0.05) is 6.07 Å². The summed E-state index contributed by atoms with van der Waals surface area (Å²) in [6, 6.07) is 9.10. The summed E-state index contributed by atoms with van der Waals surface area (Å²) in [4.78, 5) is 12.6. The third kappa shape index (κ3) is 4.24. The minimum atomic E-state index is -2.82. The van der Waals surface area contributed by atoms with Gasteiger partial charge in [0.15, 0.2) is 5.82 Å². The molecule has 1 aromatic heterocycles. The van der Waals surface area contributed by atoms with Gasteiger partial charge in [-0.25, -0.2) is 4.79 Å². The smallest absolute Gasteiger partial charge is 0.435 e. The van der Waals surface area contributed by atoms with E-state index in [1.807, 2.05) is 0 Å². The SMILES string of the molecule is CC1=C(C#N)C(c2ccc3c(c2)c(N=S(=O)=O)nn3C(=O)OC(C)(C)C)C(C#N)=C(C)N1. The molecule has 1 aliphatic heterocycles. The highest BCUT2D eigenvalue weighted by molar-refractivity contribution is 7.61. The van der Waals surface area contributed by atoms with E-state index in [1.54, 1.807) is 52.8 Å². The first-order valence-electron chi connectivity index (χ1n) is 9.52. The van der Waals surface area contributed by atoms with Crippen LogP contribution in [0.1, 0.15) is 46.1 Å². The topological polar surface area (TPSA) is 150 Å². The molecule has 0 saturated heterocycles. The Kier molecular flexibility index (Phi) is 5.88. The van der Waals surface area contributed by atoms with Crippen molar-refractivity contribution in [3.8, 4) is 12.1 Å². The normalized spacial score (nSPS) is 14.6. The average molecular weight is 452 g/mol. The molecular formula is C21H20N6O4S. The van der Waals surface area contributed by atoms with Crippen molar-refractivity contribution in [1.29, 1.82) is 10.5 Å². The van der Waals surface area contributed by atoms with Crippen LogP contribution in [0.5, 0.6) is 0 Å². The van der Waals surface area contributed by atoms with E-state index in [4.69, 9.17) is 4.74 Å². The standard InChI is InChI=1S/C21H20N6O4S/c1-11-15(9-22)18(16(10-23)12(2)24-11)13-6-7-17-14(8-13)19(26-32(29)30)25-27(17)20(28)31-21(3,4)5/h6-8,18,24H,1-5H3. The maximum atomic E-state index is 12.6. The third-order valence-corrected chi connectivity index (χ3v) is 5.07. The number of carbonyl (C=O) groups is 1. The fourth-order valence-corrected chi connectivity index (χ4v) is 3.78. The van der Waals surface area contributed by atoms with Gasteiger partial charge in [-0.05, 0) is 52.3 Å². The zero-order valence-electron chi connectivity index (χ0n) is 18.1. The molecule has 0 atom stereocenters. The maximum Gasteiger partial charge on any atom is 0.435 e. The number of rotatable bonds is 2. The lowest BCUT2D eigenvalue weighted by molar-refractivity contribution is 0.0523. The molecule has 32 heavy (non-hydrogen) atoms. The molecule has 0 radical (unpaired) electrons. The summed E-state index contributed by atoms with van der Waals surface area (Å²) in [5, 5.41) is 26.7. The van der Waals surface area contributed by atoms with Crippen molar-refractivity contribution in [3.63, 3.8) is 0 Å². The van der Waals surface area contributed by atoms with Crippen molar-refractivity contribution < 1.29 is 17.9 Å². The first-order valence-corrected chi connectivity index (χ1v) is 10.6. The number of benzene rings is 1. The van der Waals surface area contributed by atoms with Crippen molar-refractivity contribution >= 4 is 33.3 Å². The number of hydrogen-bond donors (Lipinski definition) is 1. The van der Waals surface area contributed by atoms with Gasteiger partial charge in [0.05, 0.1) is 34.7 Å². The molecule has 3 rings (SSSR count). The minimum absolute atomic E-state index is 0.201. The number of dihydropyridines is 1. The van der Waals surface area contributed by atoms with Crippen molar-refractivity contribution in [2.24, 2.45) is 4.36 Å². The van der Waals surface area contributed by atoms with Crippen LogP contribution in [0, 0.1) is 22.7 Å². The molecule has 0 amide bonds. The number of nitriles is 2. The van der Waals surface area contributed by atoms with Crippen LogP contribution in [0.3, 0.4) is 0 Å². The van der Waals surface area contributed by atoms with Crippen LogP contribution >= 0.6 is 0 Å². The number of carbonyl (C=O) groups excluding carboxylic acids is 1. The predicted octanol–water partition coefficient (Wildman–Crippen LogP) is 3.80. The number of ether oxygens (including phenoxy) is 1. The van der Waals surface area contributed by atoms with Crippen LogP contribution in [-0.4, -0.2) is 29.9 Å². The van der Waals surface area contributed by atoms with E-state index >= 15 is 0 Å². The summed E-state index contributed by atoms with van der Waals surface area (Å²) >= 11 is 0. The second-order valence-electron chi connectivity index (χ2n) is 8.16. The van der Waals surface area contributed by atoms with Crippen molar-refractivity contribution in [3.05, 3.63) is 46.3 Å². The molecule has 0 spiro atoms. The molecular weight excluding hydrogens is 432 g/mol. The summed E-state index contributed by atoms with van der Waals surface area (Å²) < 4.78 is 32.3. The van der Waals surface area contributed by atoms with Crippen LogP contribution < -0.4 is 5.32 Å². The quantitative estimate of drug-likeness (QED) is 0.723. The van der Waals surface area contributed by atoms with Crippen molar-refractivity contribution in [2.75, 3.05) is 0 Å². The van der Waals surface area contributed by atoms with E-state index in [0.717, 1.165) is 4.68 Å². The van der Waals surface area contributed by atoms with E-state index in [9.17, 15) is 23.7 Å². The lowest BCUT2D eigenvalue weighted by Crippen LogP contribution is -2.27. The number of allylic oxidation sites excluding steroid dienone is 4. The van der Waals surface area contributed by atoms with Gasteiger partial charge in [-0.3, -0.25) is 0 Å². The van der Waals surface area contributed by atoms with E-state index in [-0.39, 0.29) is 16.7 Å². The van der Waals surface area contributed by atoms with E-state index < -0.39 is 28.1 Å². The van der Waals surface area contributed by atoms with Crippen molar-refractivity contribution in [1.82, 2.24) is 15.1 Å². The molecule has 1 N–H and O–H groups in total. The Bertz CT molecular complexity index is 1380. The summed E-state index contributed by atoms with van der Waals surface area (Å²) in [7, 11) is -2.82. The second-order valence-corrected chi connectivity index (χ2v) is 8.78. The van der Waals surface area contributed by atoms with Crippen molar-refractivity contribution in [2.45, 2.75) is 46.1 Å². The highest BCUT2D eigenvalue weighted by Gasteiger charge is 2.30. The monoisotopic (exact) mass is 452 g/mol. The lowest BCUT2D eigenvalue weighted by Gasteiger charge is -2.26. The molecule has 1 aromatic carbocycles. The highest BCUT2D eigenvalue weighted by atomic mass is 32.2. The Morgan fingerprint density at radius 3 is 2.28 bits per heavy atom. The molecule has 1 aliphatic rings. The molecule has 164 valence electrons. The largest absolute Gasteiger partial charge is 0.442 e. The first kappa shape index (κ1) is 22.7. The Balaban J connectivity index is 2.28. The van der Waals surface area contributed by atoms with Gasteiger partial charge < -0.3 is 10.1 Å². The molecule has 0 bridgehead atoms. The van der Waals surface area contributed by atoms with Gasteiger partial charge in [0.1, 0.15) is 5.60 Å². The van der Waals surface area contributed by atoms with Gasteiger partial charge in [0, 0.05) is 16.8 Å². The van der Waals surface area contributed by atoms with E-state index in [1.165, 1.54) is 0 Å². The first-order chi connectivity index (χ1) is 15.0. The molecule has 10 nitrogen and oxygen atoms in total. The number of hydrogen-bond acceptors (Lipinski definition) is 9. The Morgan fingerprint density at radius 2 is 1.78 bits per heavy atom. The molecule has 2 aromatic rings. The van der Waals surface area contributed by atoms with Gasteiger partial charge in [0.2, 0.25) is 0 Å². The Hall–Kier alpha value is -3.96. The number of nitrogens with one attached hydrogen (secondary N) is 1. The molecule has 11 heteroatoms. The van der Waals surface area contributed by atoms with Crippen LogP contribution in [0.4, 0.5) is 10.6 Å². The third-order valence-electron chi connectivity index (χ3n) is 4.75. The minimum Gasteiger partial charge on any atom is -0.442 e. The summed E-state index contributed by atoms with van der Waals surface area (Å²) in [5.41, 5.74) is 1.99.